The summed E-state index contributed by atoms with van der Waals surface area (Å²) in [6.45, 7) is 0. The number of ether oxygens (including phenoxy) is 1. The number of methoxy groups -OCH3 is 1. The van der Waals surface area contributed by atoms with Crippen molar-refractivity contribution >= 4 is 28.9 Å². The van der Waals surface area contributed by atoms with E-state index < -0.39 is 0 Å². The SMILES string of the molecule is COc1nc2nc(=S)c3ccccc3n2[nH]1. The standard InChI is InChI=1S/C10H8N4OS/c1-15-10-12-9-11-8(16)6-4-2-3-5-7(6)14(9)13-10/h2-5H,1H3,(H,11,12,13,16). The summed E-state index contributed by atoms with van der Waals surface area (Å²) in [6.07, 6.45) is 0. The van der Waals surface area contributed by atoms with Crippen LogP contribution >= 0.6 is 12.2 Å². The fraction of sp³-hybridized carbons (Fsp3) is 0.100. The lowest BCUT2D eigenvalue weighted by molar-refractivity contribution is 0.381. The van der Waals surface area contributed by atoms with Crippen molar-refractivity contribution in [2.24, 2.45) is 0 Å². The van der Waals surface area contributed by atoms with E-state index in [0.29, 0.717) is 16.4 Å². The van der Waals surface area contributed by atoms with E-state index in [1.165, 1.54) is 0 Å². The molecule has 0 aliphatic heterocycles. The molecule has 0 unspecified atom stereocenters. The Morgan fingerprint density at radius 1 is 1.31 bits per heavy atom. The predicted octanol–water partition coefficient (Wildman–Crippen LogP) is 1.95. The van der Waals surface area contributed by atoms with Crippen molar-refractivity contribution in [3.63, 3.8) is 0 Å². The zero-order valence-corrected chi connectivity index (χ0v) is 9.28. The van der Waals surface area contributed by atoms with Gasteiger partial charge < -0.3 is 4.74 Å². The summed E-state index contributed by atoms with van der Waals surface area (Å²) in [5, 5.41) is 3.91. The minimum absolute atomic E-state index is 0.415. The number of rotatable bonds is 1. The Labute approximate surface area is 95.7 Å². The van der Waals surface area contributed by atoms with E-state index in [1.807, 2.05) is 24.3 Å². The van der Waals surface area contributed by atoms with Crippen LogP contribution in [0.1, 0.15) is 0 Å². The van der Waals surface area contributed by atoms with Crippen molar-refractivity contribution in [1.29, 1.82) is 0 Å². The van der Waals surface area contributed by atoms with Crippen LogP contribution in [0.3, 0.4) is 0 Å². The molecule has 0 spiro atoms. The van der Waals surface area contributed by atoms with E-state index in [4.69, 9.17) is 17.0 Å². The molecule has 0 aliphatic rings. The third-order valence-corrected chi connectivity index (χ3v) is 2.69. The molecule has 0 radical (unpaired) electrons. The molecule has 5 nitrogen and oxygen atoms in total. The molecule has 6 heteroatoms. The summed E-state index contributed by atoms with van der Waals surface area (Å²) in [5.41, 5.74) is 0.938. The first-order valence-electron chi connectivity index (χ1n) is 4.71. The fourth-order valence-corrected chi connectivity index (χ4v) is 1.90. The van der Waals surface area contributed by atoms with Crippen molar-refractivity contribution in [1.82, 2.24) is 19.6 Å². The van der Waals surface area contributed by atoms with Crippen LogP contribution in [0.4, 0.5) is 0 Å². The van der Waals surface area contributed by atoms with Crippen molar-refractivity contribution in [2.45, 2.75) is 0 Å². The maximum absolute atomic E-state index is 5.21. The Kier molecular flexibility index (Phi) is 1.90. The molecule has 0 saturated heterocycles. The maximum Gasteiger partial charge on any atom is 0.312 e. The lowest BCUT2D eigenvalue weighted by Gasteiger charge is -1.99. The maximum atomic E-state index is 5.21. The molecule has 3 aromatic rings. The Morgan fingerprint density at radius 3 is 2.94 bits per heavy atom. The van der Waals surface area contributed by atoms with Gasteiger partial charge in [0, 0.05) is 5.39 Å². The highest BCUT2D eigenvalue weighted by Crippen LogP contribution is 2.16. The molecule has 1 N–H and O–H groups in total. The number of nitrogens with one attached hydrogen (secondary N) is 1. The second-order valence-electron chi connectivity index (χ2n) is 3.30. The highest BCUT2D eigenvalue weighted by Gasteiger charge is 2.07. The van der Waals surface area contributed by atoms with Crippen LogP contribution in [0.15, 0.2) is 24.3 Å². The van der Waals surface area contributed by atoms with Crippen LogP contribution in [0.2, 0.25) is 0 Å². The molecule has 16 heavy (non-hydrogen) atoms. The minimum Gasteiger partial charge on any atom is -0.467 e. The van der Waals surface area contributed by atoms with Gasteiger partial charge in [0.05, 0.1) is 12.6 Å². The molecule has 0 saturated carbocycles. The first-order chi connectivity index (χ1) is 7.79. The van der Waals surface area contributed by atoms with E-state index in [9.17, 15) is 0 Å². The number of para-hydroxylation sites is 1. The van der Waals surface area contributed by atoms with Crippen LogP contribution in [0.25, 0.3) is 16.7 Å². The molecule has 2 heterocycles. The Balaban J connectivity index is 2.57. The number of nitrogens with zero attached hydrogens (tertiary/aromatic N) is 3. The zero-order valence-electron chi connectivity index (χ0n) is 8.47. The third-order valence-electron chi connectivity index (χ3n) is 2.38. The average molecular weight is 232 g/mol. The van der Waals surface area contributed by atoms with Crippen molar-refractivity contribution in [2.75, 3.05) is 7.11 Å². The smallest absolute Gasteiger partial charge is 0.312 e. The lowest BCUT2D eigenvalue weighted by Crippen LogP contribution is -1.94. The van der Waals surface area contributed by atoms with Gasteiger partial charge in [-0.15, -0.1) is 0 Å². The van der Waals surface area contributed by atoms with Gasteiger partial charge >= 0.3 is 6.01 Å². The fourth-order valence-electron chi connectivity index (χ4n) is 1.65. The molecule has 2 aromatic heterocycles. The van der Waals surface area contributed by atoms with Gasteiger partial charge in [0.25, 0.3) is 5.78 Å². The highest BCUT2D eigenvalue weighted by atomic mass is 32.1. The van der Waals surface area contributed by atoms with Crippen LogP contribution in [0, 0.1) is 4.64 Å². The van der Waals surface area contributed by atoms with Gasteiger partial charge in [-0.3, -0.25) is 0 Å². The van der Waals surface area contributed by atoms with E-state index in [0.717, 1.165) is 10.9 Å². The van der Waals surface area contributed by atoms with Gasteiger partial charge in [0.15, 0.2) is 0 Å². The van der Waals surface area contributed by atoms with Gasteiger partial charge in [0.1, 0.15) is 4.64 Å². The molecule has 0 amide bonds. The Morgan fingerprint density at radius 2 is 2.12 bits per heavy atom. The van der Waals surface area contributed by atoms with Crippen LogP contribution in [-0.4, -0.2) is 26.7 Å². The van der Waals surface area contributed by atoms with Gasteiger partial charge in [-0.2, -0.15) is 9.97 Å². The number of fused-ring (bicyclic) bond motifs is 3. The first-order valence-corrected chi connectivity index (χ1v) is 5.12. The van der Waals surface area contributed by atoms with Crippen LogP contribution < -0.4 is 4.74 Å². The zero-order chi connectivity index (χ0) is 11.1. The van der Waals surface area contributed by atoms with Gasteiger partial charge in [0.2, 0.25) is 0 Å². The molecule has 3 rings (SSSR count). The number of aromatic nitrogens is 4. The largest absolute Gasteiger partial charge is 0.467 e. The average Bonchev–Trinajstić information content (AvgIpc) is 2.72. The van der Waals surface area contributed by atoms with Gasteiger partial charge in [-0.1, -0.05) is 24.4 Å². The Hall–Kier alpha value is -1.95. The summed E-state index contributed by atoms with van der Waals surface area (Å²) in [4.78, 5) is 8.38. The summed E-state index contributed by atoms with van der Waals surface area (Å²) >= 11 is 5.21. The molecule has 0 aliphatic carbocycles. The van der Waals surface area contributed by atoms with E-state index in [1.54, 1.807) is 11.6 Å². The molecule has 0 fully saturated rings. The monoisotopic (exact) mass is 232 g/mol. The topological polar surface area (TPSA) is 55.2 Å². The molecule has 80 valence electrons. The van der Waals surface area contributed by atoms with Crippen molar-refractivity contribution < 1.29 is 4.74 Å². The van der Waals surface area contributed by atoms with Gasteiger partial charge in [-0.05, 0) is 12.1 Å². The first kappa shape index (κ1) is 9.29. The molecule has 0 bridgehead atoms. The van der Waals surface area contributed by atoms with E-state index in [2.05, 4.69) is 15.1 Å². The quantitative estimate of drug-likeness (QED) is 0.651. The third kappa shape index (κ3) is 1.20. The number of H-pyrrole nitrogens is 1. The predicted molar refractivity (Wildman–Crippen MR) is 62.2 cm³/mol. The molecular weight excluding hydrogens is 224 g/mol. The minimum atomic E-state index is 0.415. The number of benzene rings is 1. The van der Waals surface area contributed by atoms with Crippen molar-refractivity contribution in [3.05, 3.63) is 28.9 Å². The number of hydrogen-bond acceptors (Lipinski definition) is 4. The summed E-state index contributed by atoms with van der Waals surface area (Å²) in [7, 11) is 1.55. The van der Waals surface area contributed by atoms with Crippen LogP contribution in [0.5, 0.6) is 6.01 Å². The summed E-state index contributed by atoms with van der Waals surface area (Å²) in [5.74, 6) is 0.514. The molecule has 1 aromatic carbocycles. The second-order valence-corrected chi connectivity index (χ2v) is 3.69. The summed E-state index contributed by atoms with van der Waals surface area (Å²) < 4.78 is 7.33. The normalized spacial score (nSPS) is 11.1. The number of aromatic amines is 1. The van der Waals surface area contributed by atoms with Crippen molar-refractivity contribution in [3.8, 4) is 6.01 Å². The summed E-state index contributed by atoms with van der Waals surface area (Å²) in [6, 6.07) is 8.18. The van der Waals surface area contributed by atoms with E-state index >= 15 is 0 Å². The van der Waals surface area contributed by atoms with Crippen LogP contribution in [-0.2, 0) is 0 Å². The second kappa shape index (κ2) is 3.28. The lowest BCUT2D eigenvalue weighted by atomic mass is 10.2. The molecule has 0 atom stereocenters. The van der Waals surface area contributed by atoms with E-state index in [-0.39, 0.29) is 0 Å². The van der Waals surface area contributed by atoms with Gasteiger partial charge in [-0.25, -0.2) is 9.61 Å². The highest BCUT2D eigenvalue weighted by molar-refractivity contribution is 7.71. The Bertz CT molecular complexity index is 730. The molecular formula is C10H8N4OS. The number of hydrogen-bond donors (Lipinski definition) is 1.